The zero-order valence-corrected chi connectivity index (χ0v) is 36.5. The van der Waals surface area contributed by atoms with Gasteiger partial charge in [0, 0.05) is 73.2 Å². The molecule has 5 aliphatic heterocycles. The number of ketones is 1. The van der Waals surface area contributed by atoms with Gasteiger partial charge in [0.25, 0.3) is 11.7 Å². The van der Waals surface area contributed by atoms with E-state index >= 15 is 0 Å². The normalized spacial score (nSPS) is 33.7. The number of hydrogen-bond acceptors (Lipinski definition) is 15. The van der Waals surface area contributed by atoms with Crippen LogP contribution in [-0.4, -0.2) is 129 Å². The first-order valence-corrected chi connectivity index (χ1v) is 20.8. The minimum absolute atomic E-state index is 0.0610. The van der Waals surface area contributed by atoms with Crippen LogP contribution in [0.15, 0.2) is 41.2 Å². The lowest BCUT2D eigenvalue weighted by Gasteiger charge is -2.38. The number of carbonyl (C=O) groups excluding carboxylic acids is 3. The highest BCUT2D eigenvalue weighted by atomic mass is 16.7. The Labute approximate surface area is 356 Å². The predicted molar refractivity (Wildman–Crippen MR) is 228 cm³/mol. The van der Waals surface area contributed by atoms with Crippen LogP contribution in [0.4, 0.5) is 5.69 Å². The summed E-state index contributed by atoms with van der Waals surface area (Å²) in [6.07, 6.45) is 6.96. The number of methoxy groups -OCH3 is 1. The second kappa shape index (κ2) is 17.7. The number of phenolic OH excluding ortho intramolecular Hbond substituents is 3. The number of allylic oxidation sites excluding steroid dienone is 2. The van der Waals surface area contributed by atoms with Crippen LogP contribution >= 0.6 is 0 Å². The number of nitrogens with zero attached hydrogens (tertiary/aromatic N) is 3. The summed E-state index contributed by atoms with van der Waals surface area (Å²) in [5.41, 5.74) is -0.303. The Balaban J connectivity index is 1.51. The van der Waals surface area contributed by atoms with Crippen molar-refractivity contribution in [3.05, 3.63) is 52.8 Å². The molecule has 2 aromatic rings. The zero-order valence-electron chi connectivity index (χ0n) is 36.5. The number of ether oxygens (including phenoxy) is 4. The molecule has 0 saturated carbocycles. The first-order chi connectivity index (χ1) is 28.7. The summed E-state index contributed by atoms with van der Waals surface area (Å²) < 4.78 is 23.7. The molecule has 5 heterocycles. The van der Waals surface area contributed by atoms with E-state index in [1.165, 1.54) is 59.4 Å². The van der Waals surface area contributed by atoms with Crippen molar-refractivity contribution in [2.24, 2.45) is 28.8 Å². The third-order valence-electron chi connectivity index (χ3n) is 13.2. The first-order valence-electron chi connectivity index (χ1n) is 20.8. The molecule has 0 spiro atoms. The molecule has 11 atom stereocenters. The molecular weight excluding hydrogens is 789 g/mol. The minimum Gasteiger partial charge on any atom is -0.507 e. The monoisotopic (exact) mass is 848 g/mol. The maximum Gasteiger partial charge on any atom is 0.312 e. The Morgan fingerprint density at radius 3 is 2.23 bits per heavy atom. The Hall–Kier alpha value is -5.16. The fourth-order valence-electron chi connectivity index (χ4n) is 9.20. The number of amides is 1. The number of aliphatic hydroxyl groups excluding tert-OH is 2. The molecule has 7 rings (SSSR count). The fourth-order valence-corrected chi connectivity index (χ4v) is 9.20. The van der Waals surface area contributed by atoms with Gasteiger partial charge in [0.15, 0.2) is 5.75 Å². The third kappa shape index (κ3) is 8.42. The molecule has 61 heavy (non-hydrogen) atoms. The first kappa shape index (κ1) is 45.4. The van der Waals surface area contributed by atoms with Crippen LogP contribution in [-0.2, 0) is 23.8 Å². The van der Waals surface area contributed by atoms with E-state index in [1.54, 1.807) is 39.8 Å². The van der Waals surface area contributed by atoms with E-state index < -0.39 is 88.8 Å². The Kier molecular flexibility index (Phi) is 13.1. The summed E-state index contributed by atoms with van der Waals surface area (Å²) in [5.74, 6) is -8.29. The molecule has 16 nitrogen and oxygen atoms in total. The third-order valence-corrected chi connectivity index (χ3v) is 13.2. The number of anilines is 1. The van der Waals surface area contributed by atoms with Gasteiger partial charge in [-0.2, -0.15) is 5.10 Å². The van der Waals surface area contributed by atoms with Gasteiger partial charge in [0.1, 0.15) is 23.4 Å². The number of rotatable bonds is 4. The molecular formula is C45H60N4O12. The maximum absolute atomic E-state index is 14.5. The van der Waals surface area contributed by atoms with Gasteiger partial charge in [-0.05, 0) is 39.8 Å². The minimum atomic E-state index is -2.04. The fraction of sp³-hybridized carbons (Fsp3) is 0.556. The lowest BCUT2D eigenvalue weighted by molar-refractivity contribution is -0.160. The number of nitrogens with one attached hydrogen (secondary N) is 1. The van der Waals surface area contributed by atoms with E-state index in [4.69, 9.17) is 24.0 Å². The van der Waals surface area contributed by atoms with Crippen molar-refractivity contribution in [3.8, 4) is 23.0 Å². The molecule has 2 saturated heterocycles. The van der Waals surface area contributed by atoms with E-state index in [2.05, 4.69) is 17.3 Å². The Morgan fingerprint density at radius 1 is 0.951 bits per heavy atom. The quantitative estimate of drug-likeness (QED) is 0.105. The van der Waals surface area contributed by atoms with Gasteiger partial charge in [-0.1, -0.05) is 45.9 Å². The number of likely N-dealkylation sites (N-methyl/N-ethyl adjacent to an activating group) is 1. The summed E-state index contributed by atoms with van der Waals surface area (Å²) in [7, 11) is 3.52. The largest absolute Gasteiger partial charge is 0.507 e. The van der Waals surface area contributed by atoms with Gasteiger partial charge in [-0.3, -0.25) is 24.3 Å². The lowest BCUT2D eigenvalue weighted by Crippen LogP contribution is -2.49. The molecule has 6 N–H and O–H groups in total. The van der Waals surface area contributed by atoms with E-state index in [0.29, 0.717) is 13.1 Å². The van der Waals surface area contributed by atoms with Crippen LogP contribution in [0.3, 0.4) is 0 Å². The molecule has 2 fully saturated rings. The van der Waals surface area contributed by atoms with Crippen molar-refractivity contribution in [2.45, 2.75) is 111 Å². The number of hydrogen-bond donors (Lipinski definition) is 6. The van der Waals surface area contributed by atoms with Gasteiger partial charge < -0.3 is 49.8 Å². The number of aromatic hydroxyl groups is 3. The second-order valence-corrected chi connectivity index (χ2v) is 17.3. The smallest absolute Gasteiger partial charge is 0.312 e. The maximum atomic E-state index is 14.5. The van der Waals surface area contributed by atoms with Crippen molar-refractivity contribution in [3.63, 3.8) is 0 Å². The number of Topliss-reactive ketones (excluding diaryl/α,β-unsaturated/α-hetero) is 1. The van der Waals surface area contributed by atoms with Gasteiger partial charge >= 0.3 is 11.8 Å². The summed E-state index contributed by atoms with van der Waals surface area (Å²) in [5, 5.41) is 67.5. The van der Waals surface area contributed by atoms with Crippen molar-refractivity contribution in [1.82, 2.24) is 9.91 Å². The standard InChI is InChI=1S/C45H60N4O12/c1-21-12-11-13-22(2)44(57)47-35-30(18-46-49-19-28-14-15-29(20-49)48(28)9)39(54)32-33(40(35)55)38(53)26(6)42-34(32)43(56)45(8,61-42)59-17-16-31(58-10)23(3)41(60-27(7)50)25(5)37(52)24(4)36(21)51/h11-13,16-18,21,23-25,28-29,31,36-37,41,51-55H,14-15,19-20H2,1-10H3,(H,47,57)/b12-11+,17-16+,22-13?,46-18+. The SMILES string of the molecule is COC1/C=C/OC2(C)Oc3c(C)c(O)c4c(O)c(c(/C=N/N5CC6CCC(C5)N6C)c(O)c4c3C2=O)NC(=O)C(C)=C/C=C/C(C)C(O)C(C)C(O)C(C)C(OC(C)=O)C1C. The van der Waals surface area contributed by atoms with Crippen LogP contribution in [0.2, 0.25) is 0 Å². The number of esters is 1. The van der Waals surface area contributed by atoms with Crippen molar-refractivity contribution < 1.29 is 58.9 Å². The van der Waals surface area contributed by atoms with Crippen molar-refractivity contribution in [1.29, 1.82) is 0 Å². The number of benzene rings is 2. The lowest BCUT2D eigenvalue weighted by atomic mass is 9.78. The van der Waals surface area contributed by atoms with Crippen molar-refractivity contribution >= 4 is 40.3 Å². The number of hydrazone groups is 1. The topological polar surface area (TPSA) is 220 Å². The van der Waals surface area contributed by atoms with Gasteiger partial charge in [-0.15, -0.1) is 0 Å². The van der Waals surface area contributed by atoms with E-state index in [0.717, 1.165) is 12.8 Å². The molecule has 11 unspecified atom stereocenters. The van der Waals surface area contributed by atoms with Crippen LogP contribution < -0.4 is 10.1 Å². The average Bonchev–Trinajstić information content (AvgIpc) is 3.58. The Morgan fingerprint density at radius 2 is 1.61 bits per heavy atom. The molecule has 2 aromatic carbocycles. The van der Waals surface area contributed by atoms with Crippen LogP contribution in [0.5, 0.6) is 23.0 Å². The van der Waals surface area contributed by atoms with Crippen LogP contribution in [0, 0.1) is 30.6 Å². The number of piperazine rings is 1. The highest BCUT2D eigenvalue weighted by molar-refractivity contribution is 6.23. The molecule has 0 aliphatic carbocycles. The molecule has 7 bridgehead atoms. The molecule has 332 valence electrons. The number of aliphatic hydroxyl groups is 2. The highest BCUT2D eigenvalue weighted by Crippen LogP contribution is 2.55. The van der Waals surface area contributed by atoms with E-state index in [9.17, 15) is 39.9 Å². The molecule has 16 heteroatoms. The van der Waals surface area contributed by atoms with Gasteiger partial charge in [0.2, 0.25) is 0 Å². The van der Waals surface area contributed by atoms with Gasteiger partial charge in [-0.25, -0.2) is 0 Å². The van der Waals surface area contributed by atoms with Gasteiger partial charge in [0.05, 0.1) is 66.1 Å². The summed E-state index contributed by atoms with van der Waals surface area (Å²) in [6.45, 7) is 13.8. The average molecular weight is 849 g/mol. The second-order valence-electron chi connectivity index (χ2n) is 17.3. The zero-order chi connectivity index (χ0) is 44.8. The summed E-state index contributed by atoms with van der Waals surface area (Å²) in [4.78, 5) is 43.0. The summed E-state index contributed by atoms with van der Waals surface area (Å²) >= 11 is 0. The van der Waals surface area contributed by atoms with Crippen molar-refractivity contribution in [2.75, 3.05) is 32.6 Å². The Bertz CT molecular complexity index is 2170. The summed E-state index contributed by atoms with van der Waals surface area (Å²) in [6, 6.07) is 0.556. The van der Waals surface area contributed by atoms with Crippen LogP contribution in [0.1, 0.15) is 82.8 Å². The highest BCUT2D eigenvalue weighted by Gasteiger charge is 2.50. The number of carbonyl (C=O) groups is 3. The number of phenols is 3. The number of fused-ring (bicyclic) bond motifs is 16. The molecule has 1 amide bonds. The van der Waals surface area contributed by atoms with E-state index in [1.807, 2.05) is 5.01 Å². The molecule has 5 aliphatic rings. The predicted octanol–water partition coefficient (Wildman–Crippen LogP) is 4.87. The molecule has 0 radical (unpaired) electrons. The van der Waals surface area contributed by atoms with Crippen LogP contribution in [0.25, 0.3) is 10.8 Å². The molecule has 0 aromatic heterocycles. The van der Waals surface area contributed by atoms with E-state index in [-0.39, 0.29) is 56.6 Å².